The number of aryl methyl sites for hydroxylation is 4. The van der Waals surface area contributed by atoms with E-state index >= 15 is 0 Å². The summed E-state index contributed by atoms with van der Waals surface area (Å²) in [5, 5.41) is 5.05. The number of imide groups is 1. The summed E-state index contributed by atoms with van der Waals surface area (Å²) >= 11 is 0. The van der Waals surface area contributed by atoms with E-state index in [0.29, 0.717) is 24.3 Å². The number of halogens is 1. The number of imidazole rings is 1. The van der Waals surface area contributed by atoms with Crippen LogP contribution in [0.3, 0.4) is 0 Å². The second-order valence-electron chi connectivity index (χ2n) is 20.0. The molecule has 7 rings (SSSR count). The molecule has 408 valence electrons. The maximum absolute atomic E-state index is 13.2. The number of benzene rings is 2. The SMILES string of the molecule is C1CCCC1.CC.CCC1=C(c2cc(C(=O)Nc3nc4ccc(C)cc4n3C)cc(C)n2)C(C)=[N+](C)CC1.CCCC.CCCCC(=O)NC=O.CCCCC(C)CC.Cc1cc(F)cc(N2CCC(C)C2)c1. The van der Waals surface area contributed by atoms with Crippen LogP contribution in [0.1, 0.15) is 218 Å². The minimum atomic E-state index is -0.188. The van der Waals surface area contributed by atoms with E-state index in [-0.39, 0.29) is 17.6 Å². The maximum atomic E-state index is 13.2. The molecule has 2 aromatic heterocycles. The third-order valence-corrected chi connectivity index (χ3v) is 13.5. The summed E-state index contributed by atoms with van der Waals surface area (Å²) in [4.78, 5) is 44.9. The predicted octanol–water partition coefficient (Wildman–Crippen LogP) is 15.9. The van der Waals surface area contributed by atoms with Gasteiger partial charge in [0, 0.05) is 56.8 Å². The van der Waals surface area contributed by atoms with E-state index in [1.807, 2.05) is 77.4 Å². The van der Waals surface area contributed by atoms with Gasteiger partial charge in [0.15, 0.2) is 5.71 Å². The van der Waals surface area contributed by atoms with Crippen LogP contribution < -0.4 is 15.5 Å². The molecule has 0 radical (unpaired) electrons. The Kier molecular flexibility index (Phi) is 33.8. The van der Waals surface area contributed by atoms with Crippen molar-refractivity contribution in [2.24, 2.45) is 18.9 Å². The number of hydrogen-bond acceptors (Lipinski definition) is 6. The lowest BCUT2D eigenvalue weighted by Crippen LogP contribution is -2.24. The number of nitrogens with one attached hydrogen (secondary N) is 2. The third kappa shape index (κ3) is 24.6. The van der Waals surface area contributed by atoms with E-state index in [9.17, 15) is 18.8 Å². The topological polar surface area (TPSA) is 112 Å². The number of pyridine rings is 1. The molecular formula is C62H101FN7O3+. The highest BCUT2D eigenvalue weighted by Gasteiger charge is 2.26. The Balaban J connectivity index is 0.000000521. The van der Waals surface area contributed by atoms with Crippen LogP contribution in [0, 0.1) is 38.4 Å². The molecule has 73 heavy (non-hydrogen) atoms. The van der Waals surface area contributed by atoms with Gasteiger partial charge in [-0.25, -0.2) is 13.9 Å². The fourth-order valence-electron chi connectivity index (χ4n) is 8.46. The Morgan fingerprint density at radius 2 is 1.49 bits per heavy atom. The van der Waals surface area contributed by atoms with Gasteiger partial charge in [0.2, 0.25) is 18.3 Å². The molecule has 3 amide bonds. The van der Waals surface area contributed by atoms with Gasteiger partial charge in [-0.2, -0.15) is 0 Å². The van der Waals surface area contributed by atoms with Crippen LogP contribution in [0.4, 0.5) is 16.0 Å². The zero-order chi connectivity index (χ0) is 54.9. The molecule has 3 aliphatic rings. The summed E-state index contributed by atoms with van der Waals surface area (Å²) in [6.45, 7) is 32.8. The molecular weight excluding hydrogens is 910 g/mol. The first-order valence-corrected chi connectivity index (χ1v) is 28.2. The lowest BCUT2D eigenvalue weighted by atomic mass is 9.92. The van der Waals surface area contributed by atoms with Crippen molar-refractivity contribution in [1.29, 1.82) is 0 Å². The minimum Gasteiger partial charge on any atom is -0.371 e. The maximum Gasteiger partial charge on any atom is 0.258 e. The molecule has 4 aromatic rings. The first-order valence-electron chi connectivity index (χ1n) is 28.2. The van der Waals surface area contributed by atoms with Crippen molar-refractivity contribution in [2.75, 3.05) is 36.9 Å². The number of hydrogen-bond donors (Lipinski definition) is 2. The normalized spacial score (nSPS) is 15.0. The van der Waals surface area contributed by atoms with Crippen LogP contribution in [0.25, 0.3) is 16.6 Å². The van der Waals surface area contributed by atoms with E-state index in [4.69, 9.17) is 4.98 Å². The van der Waals surface area contributed by atoms with Crippen LogP contribution in [0.15, 0.2) is 54.1 Å². The van der Waals surface area contributed by atoms with Gasteiger partial charge in [0.05, 0.1) is 22.3 Å². The molecule has 1 saturated carbocycles. The predicted molar refractivity (Wildman–Crippen MR) is 311 cm³/mol. The van der Waals surface area contributed by atoms with Crippen LogP contribution in [-0.2, 0) is 16.6 Å². The zero-order valence-electron chi connectivity index (χ0n) is 48.8. The molecule has 2 atom stereocenters. The lowest BCUT2D eigenvalue weighted by molar-refractivity contribution is -0.497. The average molecular weight is 1010 g/mol. The molecule has 2 fully saturated rings. The van der Waals surface area contributed by atoms with Crippen molar-refractivity contribution in [3.05, 3.63) is 88.0 Å². The zero-order valence-corrected chi connectivity index (χ0v) is 48.8. The monoisotopic (exact) mass is 1010 g/mol. The number of aromatic nitrogens is 3. The van der Waals surface area contributed by atoms with Gasteiger partial charge in [-0.3, -0.25) is 30.0 Å². The first-order chi connectivity index (χ1) is 35.0. The van der Waals surface area contributed by atoms with Gasteiger partial charge in [-0.05, 0) is 111 Å². The fourth-order valence-corrected chi connectivity index (χ4v) is 8.46. The van der Waals surface area contributed by atoms with Gasteiger partial charge in [-0.15, -0.1) is 0 Å². The second kappa shape index (κ2) is 37.5. The molecule has 10 nitrogen and oxygen atoms in total. The number of anilines is 2. The number of carbonyl (C=O) groups is 3. The molecule has 4 heterocycles. The van der Waals surface area contributed by atoms with E-state index < -0.39 is 0 Å². The standard InChI is InChI=1S/C25H29N5O.C12H16FN.C8H18.C6H11NO2.C5H10.C4H10.C2H6/c1-7-18-10-11-29(5)17(4)23(18)21-14-19(13-16(3)26-21)24(31)28-25-27-20-9-8-15(2)12-22(20)30(25)6;1-9-3-4-14(8-9)12-6-10(2)5-11(13)7-12;1-4-6-7-8(3)5-2;1-2-3-4-6(9)7-5-8;1-2-4-5-3-1;1-3-4-2;1-2/h8-9,12-14H,7,10-11H2,1-6H3;5-7,9H,3-4,8H2,1-2H3;8H,4-7H2,1-3H3;5H,2-4H2,1H3,(H,7,8,9);1-5H2;3-4H2,1-2H3;1-2H3/p+1. The molecule has 0 bridgehead atoms. The highest BCUT2D eigenvalue weighted by Crippen LogP contribution is 2.29. The summed E-state index contributed by atoms with van der Waals surface area (Å²) in [7, 11) is 4.03. The van der Waals surface area contributed by atoms with Gasteiger partial charge in [0.25, 0.3) is 5.91 Å². The van der Waals surface area contributed by atoms with Crippen molar-refractivity contribution in [3.63, 3.8) is 0 Å². The second-order valence-corrected chi connectivity index (χ2v) is 20.0. The smallest absolute Gasteiger partial charge is 0.258 e. The lowest BCUT2D eigenvalue weighted by Gasteiger charge is -2.18. The van der Waals surface area contributed by atoms with Crippen LogP contribution in [0.2, 0.25) is 0 Å². The summed E-state index contributed by atoms with van der Waals surface area (Å²) in [5.41, 5.74) is 11.1. The number of carbonyl (C=O) groups excluding carboxylic acids is 3. The molecule has 1 saturated heterocycles. The fraction of sp³-hybridized carbons (Fsp3) is 0.613. The Bertz CT molecular complexity index is 2260. The van der Waals surface area contributed by atoms with Crippen molar-refractivity contribution < 1.29 is 23.3 Å². The molecule has 2 aromatic carbocycles. The number of allylic oxidation sites excluding steroid dienone is 1. The van der Waals surface area contributed by atoms with Gasteiger partial charge < -0.3 is 9.47 Å². The van der Waals surface area contributed by atoms with Crippen molar-refractivity contribution in [1.82, 2.24) is 19.9 Å². The first kappa shape index (κ1) is 65.8. The Morgan fingerprint density at radius 1 is 0.849 bits per heavy atom. The number of nitrogens with zero attached hydrogens (tertiary/aromatic N) is 5. The summed E-state index contributed by atoms with van der Waals surface area (Å²) in [6, 6.07) is 15.1. The Hall–Kier alpha value is -5.19. The van der Waals surface area contributed by atoms with E-state index in [1.165, 1.54) is 93.9 Å². The molecule has 2 N–H and O–H groups in total. The van der Waals surface area contributed by atoms with Crippen LogP contribution in [-0.4, -0.2) is 69.7 Å². The molecule has 0 spiro atoms. The van der Waals surface area contributed by atoms with Gasteiger partial charge in [0.1, 0.15) is 19.4 Å². The third-order valence-electron chi connectivity index (χ3n) is 13.5. The number of rotatable bonds is 14. The van der Waals surface area contributed by atoms with E-state index in [0.717, 1.165) is 96.4 Å². The van der Waals surface area contributed by atoms with E-state index in [1.54, 1.807) is 12.1 Å². The Morgan fingerprint density at radius 3 is 2.03 bits per heavy atom. The highest BCUT2D eigenvalue weighted by atomic mass is 19.1. The number of amides is 3. The summed E-state index contributed by atoms with van der Waals surface area (Å²) < 4.78 is 17.3. The van der Waals surface area contributed by atoms with Crippen molar-refractivity contribution in [3.8, 4) is 0 Å². The van der Waals surface area contributed by atoms with E-state index in [2.05, 4.69) is 99.7 Å². The van der Waals surface area contributed by atoms with Crippen molar-refractivity contribution >= 4 is 52.2 Å². The summed E-state index contributed by atoms with van der Waals surface area (Å²) in [5.74, 6) is 1.73. The average Bonchev–Trinajstić information content (AvgIpc) is 4.18. The number of unbranched alkanes of at least 4 members (excludes halogenated alkanes) is 3. The summed E-state index contributed by atoms with van der Waals surface area (Å²) in [6.07, 6.45) is 21.6. The molecule has 2 aliphatic heterocycles. The molecule has 11 heteroatoms. The highest BCUT2D eigenvalue weighted by molar-refractivity contribution is 6.21. The quantitative estimate of drug-likeness (QED) is 0.0961. The minimum absolute atomic E-state index is 0.125. The van der Waals surface area contributed by atoms with Crippen molar-refractivity contribution in [2.45, 2.75) is 206 Å². The molecule has 2 unspecified atom stereocenters. The van der Waals surface area contributed by atoms with Gasteiger partial charge >= 0.3 is 0 Å². The molecule has 1 aliphatic carbocycles. The van der Waals surface area contributed by atoms with Crippen LogP contribution >= 0.6 is 0 Å². The van der Waals surface area contributed by atoms with Gasteiger partial charge in [-0.1, -0.05) is 152 Å². The number of fused-ring (bicyclic) bond motifs is 1. The van der Waals surface area contributed by atoms with Crippen LogP contribution in [0.5, 0.6) is 0 Å². The largest absolute Gasteiger partial charge is 0.371 e. The Labute approximate surface area is 443 Å².